The van der Waals surface area contributed by atoms with Crippen molar-refractivity contribution >= 4 is 6.34 Å². The van der Waals surface area contributed by atoms with Crippen molar-refractivity contribution in [3.05, 3.63) is 0 Å². The molecule has 0 saturated carbocycles. The summed E-state index contributed by atoms with van der Waals surface area (Å²) in [5.74, 6) is 0. The van der Waals surface area contributed by atoms with Crippen molar-refractivity contribution in [3.8, 4) is 0 Å². The molecule has 0 aliphatic carbocycles. The van der Waals surface area contributed by atoms with Gasteiger partial charge in [-0.15, -0.1) is 0 Å². The molecule has 0 fully saturated rings. The Hall–Kier alpha value is -0.570. The Labute approximate surface area is 68.3 Å². The third-order valence-corrected chi connectivity index (χ3v) is 1.91. The highest BCUT2D eigenvalue weighted by atomic mass is 15.2. The van der Waals surface area contributed by atoms with Gasteiger partial charge in [-0.1, -0.05) is 6.42 Å². The van der Waals surface area contributed by atoms with Crippen LogP contribution in [0.3, 0.4) is 0 Å². The van der Waals surface area contributed by atoms with E-state index in [2.05, 4.69) is 9.89 Å². The van der Waals surface area contributed by atoms with Crippen molar-refractivity contribution in [3.63, 3.8) is 0 Å². The molecule has 3 heteroatoms. The summed E-state index contributed by atoms with van der Waals surface area (Å²) in [6.45, 7) is 4.08. The van der Waals surface area contributed by atoms with Crippen molar-refractivity contribution in [1.82, 2.24) is 4.90 Å². The Morgan fingerprint density at radius 3 is 2.91 bits per heavy atom. The van der Waals surface area contributed by atoms with Crippen LogP contribution in [0.5, 0.6) is 0 Å². The van der Waals surface area contributed by atoms with Gasteiger partial charge in [0.1, 0.15) is 0 Å². The van der Waals surface area contributed by atoms with Crippen molar-refractivity contribution in [2.75, 3.05) is 26.2 Å². The van der Waals surface area contributed by atoms with Crippen LogP contribution in [0, 0.1) is 0 Å². The molecular weight excluding hydrogens is 138 g/mol. The van der Waals surface area contributed by atoms with Gasteiger partial charge in [-0.3, -0.25) is 4.99 Å². The van der Waals surface area contributed by atoms with Crippen LogP contribution in [-0.4, -0.2) is 37.4 Å². The molecule has 0 bridgehead atoms. The fourth-order valence-corrected chi connectivity index (χ4v) is 1.22. The first-order chi connectivity index (χ1) is 5.43. The molecule has 0 aromatic heterocycles. The Balaban J connectivity index is 1.90. The third-order valence-electron chi connectivity index (χ3n) is 1.91. The van der Waals surface area contributed by atoms with Crippen molar-refractivity contribution in [1.29, 1.82) is 0 Å². The summed E-state index contributed by atoms with van der Waals surface area (Å²) in [6.07, 6.45) is 5.62. The quantitative estimate of drug-likeness (QED) is 0.586. The highest BCUT2D eigenvalue weighted by Crippen LogP contribution is 1.99. The van der Waals surface area contributed by atoms with Crippen LogP contribution in [0.2, 0.25) is 0 Å². The normalized spacial score (nSPS) is 16.3. The smallest absolute Gasteiger partial charge is 0.0851 e. The average Bonchev–Trinajstić information content (AvgIpc) is 2.50. The minimum Gasteiger partial charge on any atom is -0.361 e. The molecule has 0 radical (unpaired) electrons. The highest BCUT2D eigenvalue weighted by molar-refractivity contribution is 5.56. The SMILES string of the molecule is NCCCCCN1C=NCC1. The lowest BCUT2D eigenvalue weighted by Crippen LogP contribution is -2.20. The summed E-state index contributed by atoms with van der Waals surface area (Å²) in [6, 6.07) is 0. The van der Waals surface area contributed by atoms with Crippen molar-refractivity contribution in [2.24, 2.45) is 10.7 Å². The van der Waals surface area contributed by atoms with E-state index in [4.69, 9.17) is 5.73 Å². The molecule has 0 saturated heterocycles. The number of hydrogen-bond acceptors (Lipinski definition) is 3. The molecule has 0 atom stereocenters. The first kappa shape index (κ1) is 8.53. The van der Waals surface area contributed by atoms with Gasteiger partial charge in [-0.25, -0.2) is 0 Å². The lowest BCUT2D eigenvalue weighted by molar-refractivity contribution is 0.444. The minimum atomic E-state index is 0.827. The van der Waals surface area contributed by atoms with Crippen LogP contribution < -0.4 is 5.73 Å². The van der Waals surface area contributed by atoms with Gasteiger partial charge in [0.05, 0.1) is 12.9 Å². The van der Waals surface area contributed by atoms with E-state index >= 15 is 0 Å². The van der Waals surface area contributed by atoms with Crippen LogP contribution in [0.1, 0.15) is 19.3 Å². The molecule has 0 amide bonds. The number of unbranched alkanes of at least 4 members (excludes halogenated alkanes) is 2. The fraction of sp³-hybridized carbons (Fsp3) is 0.875. The molecule has 0 unspecified atom stereocenters. The second kappa shape index (κ2) is 5.13. The van der Waals surface area contributed by atoms with Gasteiger partial charge in [-0.05, 0) is 19.4 Å². The first-order valence-corrected chi connectivity index (χ1v) is 4.37. The van der Waals surface area contributed by atoms with Crippen LogP contribution in [-0.2, 0) is 0 Å². The van der Waals surface area contributed by atoms with E-state index in [0.29, 0.717) is 0 Å². The van der Waals surface area contributed by atoms with E-state index in [1.54, 1.807) is 0 Å². The zero-order valence-electron chi connectivity index (χ0n) is 7.00. The second-order valence-corrected chi connectivity index (χ2v) is 2.91. The van der Waals surface area contributed by atoms with Crippen molar-refractivity contribution in [2.45, 2.75) is 19.3 Å². The Morgan fingerprint density at radius 1 is 1.36 bits per heavy atom. The van der Waals surface area contributed by atoms with Gasteiger partial charge in [0, 0.05) is 13.1 Å². The zero-order valence-corrected chi connectivity index (χ0v) is 7.00. The topological polar surface area (TPSA) is 41.6 Å². The van der Waals surface area contributed by atoms with Crippen LogP contribution in [0.25, 0.3) is 0 Å². The van der Waals surface area contributed by atoms with Gasteiger partial charge >= 0.3 is 0 Å². The number of nitrogens with two attached hydrogens (primary N) is 1. The van der Waals surface area contributed by atoms with Crippen LogP contribution in [0.15, 0.2) is 4.99 Å². The Morgan fingerprint density at radius 2 is 2.27 bits per heavy atom. The Kier molecular flexibility index (Phi) is 3.98. The third kappa shape index (κ3) is 3.37. The summed E-state index contributed by atoms with van der Waals surface area (Å²) in [5, 5.41) is 0. The van der Waals surface area contributed by atoms with Gasteiger partial charge in [0.15, 0.2) is 0 Å². The van der Waals surface area contributed by atoms with E-state index < -0.39 is 0 Å². The first-order valence-electron chi connectivity index (χ1n) is 4.37. The summed E-state index contributed by atoms with van der Waals surface area (Å²) in [7, 11) is 0. The van der Waals surface area contributed by atoms with E-state index in [1.165, 1.54) is 12.8 Å². The van der Waals surface area contributed by atoms with Gasteiger partial charge in [-0.2, -0.15) is 0 Å². The van der Waals surface area contributed by atoms with Gasteiger partial charge in [0.2, 0.25) is 0 Å². The van der Waals surface area contributed by atoms with E-state index in [0.717, 1.165) is 32.6 Å². The standard InChI is InChI=1S/C8H17N3/c9-4-2-1-3-6-11-7-5-10-8-11/h8H,1-7,9H2. The average molecular weight is 155 g/mol. The van der Waals surface area contributed by atoms with Crippen LogP contribution >= 0.6 is 0 Å². The largest absolute Gasteiger partial charge is 0.361 e. The summed E-state index contributed by atoms with van der Waals surface area (Å²) < 4.78 is 0. The molecule has 1 aliphatic heterocycles. The summed E-state index contributed by atoms with van der Waals surface area (Å²) in [5.41, 5.74) is 5.38. The maximum Gasteiger partial charge on any atom is 0.0851 e. The van der Waals surface area contributed by atoms with Gasteiger partial charge in [0.25, 0.3) is 0 Å². The molecule has 2 N–H and O–H groups in total. The number of nitrogens with zero attached hydrogens (tertiary/aromatic N) is 2. The maximum absolute atomic E-state index is 5.38. The van der Waals surface area contributed by atoms with E-state index in [9.17, 15) is 0 Å². The molecule has 1 rings (SSSR count). The highest BCUT2D eigenvalue weighted by Gasteiger charge is 2.02. The molecule has 0 aromatic rings. The van der Waals surface area contributed by atoms with E-state index in [1.807, 2.05) is 6.34 Å². The molecule has 64 valence electrons. The zero-order chi connectivity index (χ0) is 7.94. The predicted octanol–water partition coefficient (Wildman–Crippen LogP) is 0.459. The predicted molar refractivity (Wildman–Crippen MR) is 47.8 cm³/mol. The molecule has 1 heterocycles. The Bertz CT molecular complexity index is 123. The monoisotopic (exact) mass is 155 g/mol. The maximum atomic E-state index is 5.38. The number of aliphatic imine (C=N–C) groups is 1. The lowest BCUT2D eigenvalue weighted by Gasteiger charge is -2.12. The second-order valence-electron chi connectivity index (χ2n) is 2.91. The van der Waals surface area contributed by atoms with E-state index in [-0.39, 0.29) is 0 Å². The minimum absolute atomic E-state index is 0.827. The summed E-state index contributed by atoms with van der Waals surface area (Å²) >= 11 is 0. The fourth-order valence-electron chi connectivity index (χ4n) is 1.22. The molecule has 0 spiro atoms. The number of rotatable bonds is 5. The van der Waals surface area contributed by atoms with Crippen LogP contribution in [0.4, 0.5) is 0 Å². The summed E-state index contributed by atoms with van der Waals surface area (Å²) in [4.78, 5) is 6.41. The van der Waals surface area contributed by atoms with Crippen molar-refractivity contribution < 1.29 is 0 Å². The number of hydrogen-bond donors (Lipinski definition) is 1. The molecule has 3 nitrogen and oxygen atoms in total. The molecule has 11 heavy (non-hydrogen) atoms. The molecule has 1 aliphatic rings. The van der Waals surface area contributed by atoms with Gasteiger partial charge < -0.3 is 10.6 Å². The molecular formula is C8H17N3. The molecule has 0 aromatic carbocycles. The lowest BCUT2D eigenvalue weighted by atomic mass is 10.2.